The zero-order valence-electron chi connectivity index (χ0n) is 16.4. The van der Waals surface area contributed by atoms with Gasteiger partial charge in [0, 0.05) is 22.7 Å². The maximum absolute atomic E-state index is 12.4. The minimum atomic E-state index is -0.325. The number of hydrogen-bond donors (Lipinski definition) is 1. The number of thioether (sulfide) groups is 1. The highest BCUT2D eigenvalue weighted by atomic mass is 32.2. The van der Waals surface area contributed by atoms with Crippen LogP contribution in [-0.2, 0) is 27.2 Å². The Hall–Kier alpha value is -2.24. The molecule has 11 heteroatoms. The van der Waals surface area contributed by atoms with Crippen molar-refractivity contribution >= 4 is 51.4 Å². The van der Waals surface area contributed by atoms with E-state index < -0.39 is 0 Å². The Kier molecular flexibility index (Phi) is 6.80. The second-order valence-electron chi connectivity index (χ2n) is 6.72. The van der Waals surface area contributed by atoms with Crippen molar-refractivity contribution in [1.82, 2.24) is 19.7 Å². The van der Waals surface area contributed by atoms with Crippen molar-refractivity contribution in [3.8, 4) is 0 Å². The summed E-state index contributed by atoms with van der Waals surface area (Å²) < 4.78 is 7.09. The van der Waals surface area contributed by atoms with Crippen molar-refractivity contribution in [2.45, 2.75) is 43.8 Å². The molecule has 4 rings (SSSR count). The number of aromatic nitrogens is 4. The summed E-state index contributed by atoms with van der Waals surface area (Å²) in [5, 5.41) is 16.5. The molecular weight excluding hydrogens is 442 g/mol. The van der Waals surface area contributed by atoms with Crippen LogP contribution in [0, 0.1) is 0 Å². The summed E-state index contributed by atoms with van der Waals surface area (Å²) in [7, 11) is 0. The first-order valence-corrected chi connectivity index (χ1v) is 12.4. The number of nitrogens with one attached hydrogen (secondary N) is 1. The molecule has 0 unspecified atom stereocenters. The molecule has 0 radical (unpaired) electrons. The van der Waals surface area contributed by atoms with E-state index in [9.17, 15) is 9.59 Å². The third kappa shape index (κ3) is 5.46. The highest BCUT2D eigenvalue weighted by Gasteiger charge is 2.30. The lowest BCUT2D eigenvalue weighted by Crippen LogP contribution is -2.15. The molecule has 1 aliphatic carbocycles. The van der Waals surface area contributed by atoms with Gasteiger partial charge < -0.3 is 14.6 Å². The summed E-state index contributed by atoms with van der Waals surface area (Å²) in [5.41, 5.74) is 0.591. The van der Waals surface area contributed by atoms with Crippen molar-refractivity contribution in [3.63, 3.8) is 0 Å². The van der Waals surface area contributed by atoms with Gasteiger partial charge in [0.2, 0.25) is 5.91 Å². The number of carbonyl (C=O) groups excluding carboxylic acids is 2. The molecule has 1 N–H and O–H groups in total. The number of carbonyl (C=O) groups is 2. The monoisotopic (exact) mass is 463 g/mol. The molecule has 0 spiro atoms. The van der Waals surface area contributed by atoms with Gasteiger partial charge in [0.1, 0.15) is 5.82 Å². The Morgan fingerprint density at radius 1 is 1.33 bits per heavy atom. The van der Waals surface area contributed by atoms with Gasteiger partial charge in [-0.05, 0) is 31.2 Å². The Morgan fingerprint density at radius 3 is 2.93 bits per heavy atom. The molecule has 30 heavy (non-hydrogen) atoms. The summed E-state index contributed by atoms with van der Waals surface area (Å²) in [4.78, 5) is 29.4. The number of hydrogen-bond acceptors (Lipinski definition) is 9. The minimum absolute atomic E-state index is 0.104. The molecule has 1 aliphatic rings. The normalized spacial score (nSPS) is 13.4. The number of amides is 1. The van der Waals surface area contributed by atoms with E-state index in [0.29, 0.717) is 23.5 Å². The summed E-state index contributed by atoms with van der Waals surface area (Å²) in [6.45, 7) is 2.10. The fraction of sp³-hybridized carbons (Fsp3) is 0.421. The highest BCUT2D eigenvalue weighted by Crippen LogP contribution is 2.39. The Morgan fingerprint density at radius 2 is 2.20 bits per heavy atom. The number of anilines is 1. The highest BCUT2D eigenvalue weighted by molar-refractivity contribution is 7.99. The van der Waals surface area contributed by atoms with E-state index in [0.717, 1.165) is 30.2 Å². The number of nitrogens with zero attached hydrogens (tertiary/aromatic N) is 4. The Bertz CT molecular complexity index is 1010. The Labute approximate surface area is 186 Å². The topological polar surface area (TPSA) is 99.0 Å². The number of esters is 1. The molecule has 158 valence electrons. The molecule has 3 heterocycles. The van der Waals surface area contributed by atoms with Gasteiger partial charge in [0.05, 0.1) is 24.5 Å². The van der Waals surface area contributed by atoms with Crippen LogP contribution >= 0.6 is 34.4 Å². The van der Waals surface area contributed by atoms with E-state index >= 15 is 0 Å². The number of thiazole rings is 1. The predicted molar refractivity (Wildman–Crippen MR) is 117 cm³/mol. The second-order valence-corrected chi connectivity index (χ2v) is 9.55. The molecule has 1 fully saturated rings. The zero-order chi connectivity index (χ0) is 20.9. The van der Waals surface area contributed by atoms with Gasteiger partial charge in [-0.15, -0.1) is 32.9 Å². The van der Waals surface area contributed by atoms with Crippen molar-refractivity contribution in [2.24, 2.45) is 0 Å². The molecule has 3 aromatic heterocycles. The maximum Gasteiger partial charge on any atom is 0.311 e. The first kappa shape index (κ1) is 21.0. The first-order chi connectivity index (χ1) is 14.6. The van der Waals surface area contributed by atoms with E-state index in [-0.39, 0.29) is 24.1 Å². The van der Waals surface area contributed by atoms with E-state index in [4.69, 9.17) is 4.74 Å². The van der Waals surface area contributed by atoms with Gasteiger partial charge in [-0.25, -0.2) is 4.98 Å². The van der Waals surface area contributed by atoms with Crippen molar-refractivity contribution < 1.29 is 14.3 Å². The minimum Gasteiger partial charge on any atom is -0.466 e. The van der Waals surface area contributed by atoms with Crippen LogP contribution in [0.3, 0.4) is 0 Å². The van der Waals surface area contributed by atoms with Gasteiger partial charge in [0.25, 0.3) is 0 Å². The van der Waals surface area contributed by atoms with Crippen LogP contribution in [0.25, 0.3) is 0 Å². The van der Waals surface area contributed by atoms with Crippen LogP contribution in [-0.4, -0.2) is 44.0 Å². The SMILES string of the molecule is CCOC(=O)Cc1csc(NC(=O)CSc2nnc(Cc3cccs3)n2C2CC2)n1. The Balaban J connectivity index is 1.32. The van der Waals surface area contributed by atoms with Crippen LogP contribution in [0.2, 0.25) is 0 Å². The number of rotatable bonds is 10. The van der Waals surface area contributed by atoms with Gasteiger partial charge >= 0.3 is 5.97 Å². The van der Waals surface area contributed by atoms with E-state index in [1.54, 1.807) is 23.6 Å². The van der Waals surface area contributed by atoms with E-state index in [2.05, 4.69) is 36.5 Å². The van der Waals surface area contributed by atoms with Crippen molar-refractivity contribution in [1.29, 1.82) is 0 Å². The average Bonchev–Trinajstić information content (AvgIpc) is 3.08. The van der Waals surface area contributed by atoms with Crippen molar-refractivity contribution in [2.75, 3.05) is 17.7 Å². The average molecular weight is 464 g/mol. The smallest absolute Gasteiger partial charge is 0.311 e. The maximum atomic E-state index is 12.4. The van der Waals surface area contributed by atoms with Crippen LogP contribution in [0.1, 0.15) is 42.2 Å². The quantitative estimate of drug-likeness (QED) is 0.362. The summed E-state index contributed by atoms with van der Waals surface area (Å²) in [6, 6.07) is 4.57. The molecule has 1 amide bonds. The lowest BCUT2D eigenvalue weighted by molar-refractivity contribution is -0.142. The zero-order valence-corrected chi connectivity index (χ0v) is 18.8. The standard InChI is InChI=1S/C19H21N5O3S3/c1-2-27-17(26)8-12-10-29-18(20-12)21-16(25)11-30-19-23-22-15(24(19)13-5-6-13)9-14-4-3-7-28-14/h3-4,7,10,13H,2,5-6,8-9,11H2,1H3,(H,20,21,25). The largest absolute Gasteiger partial charge is 0.466 e. The van der Waals surface area contributed by atoms with E-state index in [1.165, 1.54) is 28.0 Å². The molecule has 0 aromatic carbocycles. The first-order valence-electron chi connectivity index (χ1n) is 9.61. The fourth-order valence-electron chi connectivity index (χ4n) is 2.89. The molecule has 8 nitrogen and oxygen atoms in total. The van der Waals surface area contributed by atoms with Gasteiger partial charge in [0.15, 0.2) is 10.3 Å². The van der Waals surface area contributed by atoms with Crippen LogP contribution in [0.15, 0.2) is 28.0 Å². The summed E-state index contributed by atoms with van der Waals surface area (Å²) in [6.07, 6.45) is 3.11. The number of ether oxygens (including phenoxy) is 1. The third-order valence-corrected chi connectivity index (χ3v) is 6.95. The van der Waals surface area contributed by atoms with E-state index in [1.807, 2.05) is 6.07 Å². The summed E-state index contributed by atoms with van der Waals surface area (Å²) in [5.74, 6) is 0.680. The van der Waals surface area contributed by atoms with Gasteiger partial charge in [-0.3, -0.25) is 9.59 Å². The molecular formula is C19H21N5O3S3. The molecule has 0 bridgehead atoms. The van der Waals surface area contributed by atoms with Crippen LogP contribution in [0.4, 0.5) is 5.13 Å². The summed E-state index contributed by atoms with van der Waals surface area (Å²) >= 11 is 4.38. The molecule has 3 aromatic rings. The third-order valence-electron chi connectivity index (χ3n) is 4.32. The molecule has 0 atom stereocenters. The van der Waals surface area contributed by atoms with Gasteiger partial charge in [-0.1, -0.05) is 17.8 Å². The number of thiophene rings is 1. The lowest BCUT2D eigenvalue weighted by atomic mass is 10.3. The van der Waals surface area contributed by atoms with Gasteiger partial charge in [-0.2, -0.15) is 0 Å². The second kappa shape index (κ2) is 9.71. The van der Waals surface area contributed by atoms with Crippen LogP contribution in [0.5, 0.6) is 0 Å². The fourth-order valence-corrected chi connectivity index (χ4v) is 5.14. The molecule has 0 saturated heterocycles. The van der Waals surface area contributed by atoms with Crippen LogP contribution < -0.4 is 5.32 Å². The lowest BCUT2D eigenvalue weighted by Gasteiger charge is -2.08. The molecule has 0 aliphatic heterocycles. The predicted octanol–water partition coefficient (Wildman–Crippen LogP) is 3.56. The molecule has 1 saturated carbocycles. The van der Waals surface area contributed by atoms with Crippen molar-refractivity contribution in [3.05, 3.63) is 39.3 Å².